The molecule has 0 radical (unpaired) electrons. The zero-order valence-corrected chi connectivity index (χ0v) is 11.9. The molecule has 0 bridgehead atoms. The molecule has 19 heavy (non-hydrogen) atoms. The normalized spacial score (nSPS) is 20.4. The number of hydrogen-bond acceptors (Lipinski definition) is 6. The van der Waals surface area contributed by atoms with Crippen LogP contribution in [0.2, 0.25) is 0 Å². The summed E-state index contributed by atoms with van der Waals surface area (Å²) >= 11 is 0. The van der Waals surface area contributed by atoms with E-state index in [1.54, 1.807) is 7.11 Å². The quantitative estimate of drug-likeness (QED) is 0.446. The van der Waals surface area contributed by atoms with E-state index in [9.17, 15) is 4.79 Å². The zero-order valence-electron chi connectivity index (χ0n) is 11.9. The van der Waals surface area contributed by atoms with Crippen molar-refractivity contribution in [1.29, 1.82) is 0 Å². The van der Waals surface area contributed by atoms with Crippen LogP contribution in [0.3, 0.4) is 0 Å². The van der Waals surface area contributed by atoms with Crippen molar-refractivity contribution in [2.75, 3.05) is 60.3 Å². The van der Waals surface area contributed by atoms with Crippen molar-refractivity contribution in [1.82, 2.24) is 4.90 Å². The Morgan fingerprint density at radius 3 is 2.89 bits per heavy atom. The van der Waals surface area contributed by atoms with Crippen LogP contribution in [0.5, 0.6) is 0 Å². The van der Waals surface area contributed by atoms with Gasteiger partial charge in [0.15, 0.2) is 0 Å². The summed E-state index contributed by atoms with van der Waals surface area (Å²) in [4.78, 5) is 13.4. The number of hydrogen-bond donors (Lipinski definition) is 0. The number of methoxy groups -OCH3 is 2. The molecule has 1 unspecified atom stereocenters. The number of ether oxygens (including phenoxy) is 4. The minimum atomic E-state index is -0.220. The third-order valence-corrected chi connectivity index (χ3v) is 3.03. The highest BCUT2D eigenvalue weighted by atomic mass is 16.5. The molecule has 0 aromatic heterocycles. The summed E-state index contributed by atoms with van der Waals surface area (Å²) in [6, 6.07) is 0. The summed E-state index contributed by atoms with van der Waals surface area (Å²) in [7, 11) is 3.09. The van der Waals surface area contributed by atoms with Crippen LogP contribution in [-0.2, 0) is 23.7 Å². The van der Waals surface area contributed by atoms with E-state index in [4.69, 9.17) is 14.2 Å². The van der Waals surface area contributed by atoms with Crippen LogP contribution in [0.25, 0.3) is 0 Å². The molecule has 1 rings (SSSR count). The van der Waals surface area contributed by atoms with Gasteiger partial charge in [0.1, 0.15) is 0 Å². The number of morpholine rings is 1. The predicted molar refractivity (Wildman–Crippen MR) is 70.1 cm³/mol. The minimum Gasteiger partial charge on any atom is -0.469 e. The molecule has 112 valence electrons. The van der Waals surface area contributed by atoms with Gasteiger partial charge in [0.2, 0.25) is 0 Å². The van der Waals surface area contributed by atoms with E-state index in [2.05, 4.69) is 9.64 Å². The maximum absolute atomic E-state index is 11.2. The van der Waals surface area contributed by atoms with Crippen molar-refractivity contribution in [2.24, 2.45) is 0 Å². The fourth-order valence-corrected chi connectivity index (χ4v) is 1.98. The number of rotatable bonds is 9. The highest BCUT2D eigenvalue weighted by molar-refractivity contribution is 5.69. The molecule has 1 fully saturated rings. The number of nitrogens with zero attached hydrogens (tertiary/aromatic N) is 1. The molecule has 0 spiro atoms. The largest absolute Gasteiger partial charge is 0.469 e. The van der Waals surface area contributed by atoms with Gasteiger partial charge in [-0.15, -0.1) is 0 Å². The Balaban J connectivity index is 2.08. The van der Waals surface area contributed by atoms with Gasteiger partial charge in [-0.3, -0.25) is 9.69 Å². The first kappa shape index (κ1) is 16.4. The van der Waals surface area contributed by atoms with Gasteiger partial charge in [-0.05, 0) is 6.42 Å². The molecule has 0 aromatic carbocycles. The van der Waals surface area contributed by atoms with E-state index in [0.717, 1.165) is 39.3 Å². The van der Waals surface area contributed by atoms with Gasteiger partial charge in [0.05, 0.1) is 32.8 Å². The van der Waals surface area contributed by atoms with E-state index in [1.165, 1.54) is 7.11 Å². The van der Waals surface area contributed by atoms with Crippen molar-refractivity contribution in [2.45, 2.75) is 18.9 Å². The van der Waals surface area contributed by atoms with Crippen LogP contribution in [0.15, 0.2) is 0 Å². The van der Waals surface area contributed by atoms with Crippen LogP contribution in [0.4, 0.5) is 0 Å². The Bertz CT molecular complexity index is 249. The maximum Gasteiger partial charge on any atom is 0.308 e. The summed E-state index contributed by atoms with van der Waals surface area (Å²) in [5, 5.41) is 0. The lowest BCUT2D eigenvalue weighted by molar-refractivity contribution is -0.145. The van der Waals surface area contributed by atoms with Gasteiger partial charge in [0, 0.05) is 40.0 Å². The molecule has 1 atom stereocenters. The average Bonchev–Trinajstić information content (AvgIpc) is 2.43. The van der Waals surface area contributed by atoms with E-state index in [1.807, 2.05) is 0 Å². The maximum atomic E-state index is 11.2. The van der Waals surface area contributed by atoms with Crippen molar-refractivity contribution < 1.29 is 23.7 Å². The second-order valence-corrected chi connectivity index (χ2v) is 4.53. The van der Waals surface area contributed by atoms with Crippen LogP contribution in [0.1, 0.15) is 12.8 Å². The van der Waals surface area contributed by atoms with Crippen LogP contribution in [-0.4, -0.2) is 77.3 Å². The standard InChI is InChI=1S/C13H25NO5/c1-16-6-3-7-18-8-4-14-5-9-19-12(11-14)10-13(15)17-2/h12H,3-11H2,1-2H3. The summed E-state index contributed by atoms with van der Waals surface area (Å²) in [6.45, 7) is 5.34. The lowest BCUT2D eigenvalue weighted by Gasteiger charge is -2.32. The number of carbonyl (C=O) groups is 1. The van der Waals surface area contributed by atoms with Crippen molar-refractivity contribution in [3.63, 3.8) is 0 Å². The van der Waals surface area contributed by atoms with Crippen LogP contribution in [0, 0.1) is 0 Å². The average molecular weight is 275 g/mol. The molecule has 1 saturated heterocycles. The van der Waals surface area contributed by atoms with E-state index >= 15 is 0 Å². The predicted octanol–water partition coefficient (Wildman–Crippen LogP) is 0.303. The smallest absolute Gasteiger partial charge is 0.308 e. The molecule has 0 N–H and O–H groups in total. The zero-order chi connectivity index (χ0) is 13.9. The van der Waals surface area contributed by atoms with Crippen molar-refractivity contribution in [3.05, 3.63) is 0 Å². The third kappa shape index (κ3) is 7.47. The number of esters is 1. The second-order valence-electron chi connectivity index (χ2n) is 4.53. The molecule has 1 aliphatic heterocycles. The van der Waals surface area contributed by atoms with E-state index in [-0.39, 0.29) is 12.1 Å². The summed E-state index contributed by atoms with van der Waals surface area (Å²) in [6.07, 6.45) is 1.18. The van der Waals surface area contributed by atoms with Crippen LogP contribution < -0.4 is 0 Å². The van der Waals surface area contributed by atoms with Crippen molar-refractivity contribution in [3.8, 4) is 0 Å². The molecule has 6 nitrogen and oxygen atoms in total. The molecule has 0 aromatic rings. The highest BCUT2D eigenvalue weighted by Crippen LogP contribution is 2.09. The number of carbonyl (C=O) groups excluding carboxylic acids is 1. The second kappa shape index (κ2) is 10.1. The van der Waals surface area contributed by atoms with E-state index in [0.29, 0.717) is 19.6 Å². The SMILES string of the molecule is COCCCOCCN1CCOC(CC(=O)OC)C1. The Kier molecular flexibility index (Phi) is 8.73. The van der Waals surface area contributed by atoms with Gasteiger partial charge in [0.25, 0.3) is 0 Å². The lowest BCUT2D eigenvalue weighted by atomic mass is 10.2. The first-order valence-electron chi connectivity index (χ1n) is 6.73. The van der Waals surface area contributed by atoms with Gasteiger partial charge < -0.3 is 18.9 Å². The summed E-state index contributed by atoms with van der Waals surface area (Å²) in [5.41, 5.74) is 0. The van der Waals surface area contributed by atoms with Gasteiger partial charge in [-0.2, -0.15) is 0 Å². The molecule has 0 saturated carbocycles. The Labute approximate surface area is 114 Å². The molecule has 0 aliphatic carbocycles. The summed E-state index contributed by atoms with van der Waals surface area (Å²) in [5.74, 6) is -0.220. The molecule has 0 amide bonds. The molecular formula is C13H25NO5. The third-order valence-electron chi connectivity index (χ3n) is 3.03. The first-order valence-corrected chi connectivity index (χ1v) is 6.73. The van der Waals surface area contributed by atoms with Gasteiger partial charge >= 0.3 is 5.97 Å². The monoisotopic (exact) mass is 275 g/mol. The lowest BCUT2D eigenvalue weighted by Crippen LogP contribution is -2.44. The molecule has 1 aliphatic rings. The Morgan fingerprint density at radius 2 is 2.16 bits per heavy atom. The van der Waals surface area contributed by atoms with Gasteiger partial charge in [-0.1, -0.05) is 0 Å². The topological polar surface area (TPSA) is 57.2 Å². The fourth-order valence-electron chi connectivity index (χ4n) is 1.98. The minimum absolute atomic E-state index is 0.0605. The molecule has 6 heteroatoms. The van der Waals surface area contributed by atoms with E-state index < -0.39 is 0 Å². The fraction of sp³-hybridized carbons (Fsp3) is 0.923. The Morgan fingerprint density at radius 1 is 1.32 bits per heavy atom. The first-order chi connectivity index (χ1) is 9.26. The van der Waals surface area contributed by atoms with Crippen molar-refractivity contribution >= 4 is 5.97 Å². The molecular weight excluding hydrogens is 250 g/mol. The molecule has 1 heterocycles. The highest BCUT2D eigenvalue weighted by Gasteiger charge is 2.22. The van der Waals surface area contributed by atoms with Gasteiger partial charge in [-0.25, -0.2) is 0 Å². The summed E-state index contributed by atoms with van der Waals surface area (Å²) < 4.78 is 20.7. The Hall–Kier alpha value is -0.690. The van der Waals surface area contributed by atoms with Crippen LogP contribution >= 0.6 is 0 Å².